The zero-order valence-electron chi connectivity index (χ0n) is 17.8. The molecule has 1 atom stereocenters. The van der Waals surface area contributed by atoms with E-state index in [0.29, 0.717) is 45.0 Å². The lowest BCUT2D eigenvalue weighted by atomic mass is 10.2. The van der Waals surface area contributed by atoms with E-state index in [4.69, 9.17) is 4.74 Å². The van der Waals surface area contributed by atoms with E-state index in [1.54, 1.807) is 20.8 Å². The molecular weight excluding hydrogens is 398 g/mol. The van der Waals surface area contributed by atoms with Crippen LogP contribution in [-0.4, -0.2) is 75.7 Å². The van der Waals surface area contributed by atoms with E-state index in [9.17, 15) is 18.0 Å². The van der Waals surface area contributed by atoms with Crippen LogP contribution in [0.3, 0.4) is 0 Å². The predicted molar refractivity (Wildman–Crippen MR) is 113 cm³/mol. The van der Waals surface area contributed by atoms with Gasteiger partial charge in [-0.1, -0.05) is 0 Å². The minimum absolute atomic E-state index is 0.0214. The van der Waals surface area contributed by atoms with Crippen molar-refractivity contribution in [1.29, 1.82) is 0 Å². The Labute approximate surface area is 173 Å². The quantitative estimate of drug-likeness (QED) is 0.231. The van der Waals surface area contributed by atoms with E-state index >= 15 is 0 Å². The number of carbonyl (C=O) groups excluding carboxylic acids is 2. The molecule has 0 aromatic carbocycles. The number of amides is 2. The van der Waals surface area contributed by atoms with Crippen LogP contribution in [0.25, 0.3) is 0 Å². The van der Waals surface area contributed by atoms with Crippen LogP contribution in [0.1, 0.15) is 47.0 Å². The van der Waals surface area contributed by atoms with Gasteiger partial charge in [-0.25, -0.2) is 13.2 Å². The van der Waals surface area contributed by atoms with Gasteiger partial charge in [-0.05, 0) is 40.5 Å². The predicted octanol–water partition coefficient (Wildman–Crippen LogP) is 0.150. The van der Waals surface area contributed by atoms with E-state index in [2.05, 4.69) is 26.3 Å². The molecule has 168 valence electrons. The summed E-state index contributed by atoms with van der Waals surface area (Å²) in [7, 11) is -3.01. The van der Waals surface area contributed by atoms with Gasteiger partial charge in [0.05, 0.1) is 11.5 Å². The van der Waals surface area contributed by atoms with Gasteiger partial charge in [-0.2, -0.15) is 0 Å². The molecule has 10 nitrogen and oxygen atoms in total. The smallest absolute Gasteiger partial charge is 0.407 e. The normalized spacial score (nSPS) is 18.8. The molecule has 0 aliphatic carbocycles. The van der Waals surface area contributed by atoms with Crippen molar-refractivity contribution in [3.63, 3.8) is 0 Å². The number of nitrogens with one attached hydrogen (secondary N) is 4. The summed E-state index contributed by atoms with van der Waals surface area (Å²) in [5.41, 5.74) is -0.525. The van der Waals surface area contributed by atoms with Gasteiger partial charge in [-0.15, -0.1) is 0 Å². The first kappa shape index (κ1) is 25.0. The lowest BCUT2D eigenvalue weighted by Gasteiger charge is -2.19. The number of hydrogen-bond donors (Lipinski definition) is 4. The minimum Gasteiger partial charge on any atom is -0.444 e. The summed E-state index contributed by atoms with van der Waals surface area (Å²) in [6.07, 6.45) is 0.892. The highest BCUT2D eigenvalue weighted by Gasteiger charge is 2.28. The Morgan fingerprint density at radius 2 is 1.86 bits per heavy atom. The molecule has 0 bridgehead atoms. The third-order valence-electron chi connectivity index (χ3n) is 3.86. The lowest BCUT2D eigenvalue weighted by Crippen LogP contribution is -2.41. The first-order valence-electron chi connectivity index (χ1n) is 9.99. The third-order valence-corrected chi connectivity index (χ3v) is 5.63. The first-order valence-corrected chi connectivity index (χ1v) is 11.8. The van der Waals surface area contributed by atoms with Gasteiger partial charge in [0.2, 0.25) is 5.91 Å². The lowest BCUT2D eigenvalue weighted by molar-refractivity contribution is -0.121. The van der Waals surface area contributed by atoms with Crippen LogP contribution in [0.4, 0.5) is 4.79 Å². The zero-order valence-corrected chi connectivity index (χ0v) is 18.7. The average molecular weight is 434 g/mol. The molecule has 1 aliphatic heterocycles. The summed E-state index contributed by atoms with van der Waals surface area (Å²) in [6.45, 7) is 9.36. The maximum absolute atomic E-state index is 12.0. The fourth-order valence-corrected chi connectivity index (χ4v) is 4.29. The number of rotatable bonds is 9. The van der Waals surface area contributed by atoms with Crippen LogP contribution in [0.2, 0.25) is 0 Å². The van der Waals surface area contributed by atoms with Gasteiger partial charge in [-0.3, -0.25) is 9.79 Å². The number of aliphatic imine (C=N–C) groups is 1. The van der Waals surface area contributed by atoms with E-state index in [-0.39, 0.29) is 29.9 Å². The number of ether oxygens (including phenoxy) is 1. The third kappa shape index (κ3) is 12.2. The van der Waals surface area contributed by atoms with Gasteiger partial charge < -0.3 is 26.0 Å². The van der Waals surface area contributed by atoms with Crippen molar-refractivity contribution in [2.24, 2.45) is 4.99 Å². The van der Waals surface area contributed by atoms with E-state index < -0.39 is 21.5 Å². The Morgan fingerprint density at radius 3 is 2.45 bits per heavy atom. The zero-order chi connectivity index (χ0) is 21.9. The van der Waals surface area contributed by atoms with Gasteiger partial charge in [0.15, 0.2) is 15.8 Å². The molecule has 29 heavy (non-hydrogen) atoms. The Hall–Kier alpha value is -2.04. The van der Waals surface area contributed by atoms with Crippen molar-refractivity contribution < 1.29 is 22.7 Å². The van der Waals surface area contributed by atoms with Crippen molar-refractivity contribution in [3.05, 3.63) is 0 Å². The average Bonchev–Trinajstić information content (AvgIpc) is 2.91. The summed E-state index contributed by atoms with van der Waals surface area (Å²) in [5, 5.41) is 11.6. The van der Waals surface area contributed by atoms with Crippen LogP contribution in [0, 0.1) is 0 Å². The summed E-state index contributed by atoms with van der Waals surface area (Å²) >= 11 is 0. The van der Waals surface area contributed by atoms with Gasteiger partial charge in [0.25, 0.3) is 0 Å². The van der Waals surface area contributed by atoms with Crippen LogP contribution in [0.15, 0.2) is 4.99 Å². The topological polar surface area (TPSA) is 138 Å². The van der Waals surface area contributed by atoms with Crippen LogP contribution in [-0.2, 0) is 19.4 Å². The van der Waals surface area contributed by atoms with Crippen LogP contribution < -0.4 is 21.3 Å². The Balaban J connectivity index is 2.24. The molecule has 0 aromatic rings. The molecule has 4 N–H and O–H groups in total. The Bertz CT molecular complexity index is 673. The first-order chi connectivity index (χ1) is 13.5. The standard InChI is InChI=1S/C18H35N5O5S/c1-5-19-16(20-9-6-10-22-17(25)28-18(2,3)4)21-11-7-15(24)23-14-8-12-29(26,27)13-14/h14H,5-13H2,1-4H3,(H,22,25)(H,23,24)(H2,19,20,21). The SMILES string of the molecule is CCNC(=NCCCNC(=O)OC(C)(C)C)NCCC(=O)NC1CCS(=O)(=O)C1. The highest BCUT2D eigenvalue weighted by Crippen LogP contribution is 2.11. The maximum Gasteiger partial charge on any atom is 0.407 e. The number of alkyl carbamates (subject to hydrolysis) is 1. The van der Waals surface area contributed by atoms with Gasteiger partial charge in [0, 0.05) is 38.6 Å². The number of nitrogens with zero attached hydrogens (tertiary/aromatic N) is 1. The van der Waals surface area contributed by atoms with Crippen molar-refractivity contribution in [1.82, 2.24) is 21.3 Å². The highest BCUT2D eigenvalue weighted by atomic mass is 32.2. The summed E-state index contributed by atoms with van der Waals surface area (Å²) in [4.78, 5) is 27.9. The summed E-state index contributed by atoms with van der Waals surface area (Å²) in [5.74, 6) is 0.557. The molecule has 2 amide bonds. The van der Waals surface area contributed by atoms with Gasteiger partial charge >= 0.3 is 6.09 Å². The number of guanidine groups is 1. The fraction of sp³-hybridized carbons (Fsp3) is 0.833. The molecule has 1 fully saturated rings. The van der Waals surface area contributed by atoms with Crippen LogP contribution in [0.5, 0.6) is 0 Å². The second-order valence-electron chi connectivity index (χ2n) is 7.89. The molecule has 0 saturated carbocycles. The molecule has 1 rings (SSSR count). The Morgan fingerprint density at radius 1 is 1.14 bits per heavy atom. The molecule has 1 heterocycles. The number of sulfone groups is 1. The van der Waals surface area contributed by atoms with Crippen molar-refractivity contribution in [2.45, 2.75) is 58.6 Å². The Kier molecular flexibility index (Phi) is 10.2. The van der Waals surface area contributed by atoms with Gasteiger partial charge in [0.1, 0.15) is 5.60 Å². The second kappa shape index (κ2) is 11.8. The molecule has 1 aliphatic rings. The highest BCUT2D eigenvalue weighted by molar-refractivity contribution is 7.91. The number of carbonyl (C=O) groups is 2. The summed E-state index contributed by atoms with van der Waals surface area (Å²) in [6, 6.07) is -0.285. The molecule has 11 heteroatoms. The second-order valence-corrected chi connectivity index (χ2v) is 10.1. The molecule has 0 spiro atoms. The minimum atomic E-state index is -3.01. The molecule has 0 aromatic heterocycles. The van der Waals surface area contributed by atoms with Crippen molar-refractivity contribution in [2.75, 3.05) is 37.7 Å². The van der Waals surface area contributed by atoms with E-state index in [1.807, 2.05) is 6.92 Å². The maximum atomic E-state index is 12.0. The molecule has 1 unspecified atom stereocenters. The molecule has 0 radical (unpaired) electrons. The number of hydrogen-bond acceptors (Lipinski definition) is 6. The van der Waals surface area contributed by atoms with Crippen molar-refractivity contribution >= 4 is 27.8 Å². The van der Waals surface area contributed by atoms with E-state index in [1.165, 1.54) is 0 Å². The van der Waals surface area contributed by atoms with Crippen LogP contribution >= 0.6 is 0 Å². The largest absolute Gasteiger partial charge is 0.444 e. The molecule has 1 saturated heterocycles. The fourth-order valence-electron chi connectivity index (χ4n) is 2.62. The van der Waals surface area contributed by atoms with Crippen molar-refractivity contribution in [3.8, 4) is 0 Å². The monoisotopic (exact) mass is 433 g/mol. The molecular formula is C18H35N5O5S. The van der Waals surface area contributed by atoms with E-state index in [0.717, 1.165) is 0 Å². The summed E-state index contributed by atoms with van der Waals surface area (Å²) < 4.78 is 28.0.